The third-order valence-electron chi connectivity index (χ3n) is 4.24. The topological polar surface area (TPSA) is 55.6 Å². The quantitative estimate of drug-likeness (QED) is 0.373. The van der Waals surface area contributed by atoms with Gasteiger partial charge in [-0.3, -0.25) is 0 Å². The lowest BCUT2D eigenvalue weighted by Crippen LogP contribution is -2.06. The van der Waals surface area contributed by atoms with Gasteiger partial charge >= 0.3 is 0 Å². The maximum absolute atomic E-state index is 6.27. The van der Waals surface area contributed by atoms with Crippen molar-refractivity contribution >= 4 is 40.2 Å². The molecule has 4 aromatic rings. The van der Waals surface area contributed by atoms with Crippen molar-refractivity contribution in [1.82, 2.24) is 19.7 Å². The minimum absolute atomic E-state index is 0.587. The van der Waals surface area contributed by atoms with E-state index in [1.54, 1.807) is 0 Å². The zero-order valence-corrected chi connectivity index (χ0v) is 16.3. The molecule has 136 valence electrons. The monoisotopic (exact) mass is 395 g/mol. The van der Waals surface area contributed by atoms with Crippen LogP contribution in [0, 0.1) is 0 Å². The standard InChI is InChI=1S/C20H18ClN5S/c1-27-20-24-18(22-11-15-9-5-6-10-17(15)21)16-12-23-26(19(16)25-20)13-14-7-3-2-4-8-14/h2-10,12H,11,13H2,1H3,(H,22,24,25). The number of nitrogens with one attached hydrogen (secondary N) is 1. The molecular formula is C20H18ClN5S. The van der Waals surface area contributed by atoms with Crippen molar-refractivity contribution in [2.45, 2.75) is 18.2 Å². The summed E-state index contributed by atoms with van der Waals surface area (Å²) >= 11 is 7.78. The Hall–Kier alpha value is -2.57. The molecule has 4 rings (SSSR count). The maximum Gasteiger partial charge on any atom is 0.191 e. The van der Waals surface area contributed by atoms with E-state index in [1.165, 1.54) is 17.3 Å². The van der Waals surface area contributed by atoms with E-state index in [9.17, 15) is 0 Å². The molecule has 0 bridgehead atoms. The molecule has 0 radical (unpaired) electrons. The van der Waals surface area contributed by atoms with Gasteiger partial charge in [0.25, 0.3) is 0 Å². The van der Waals surface area contributed by atoms with Crippen LogP contribution >= 0.6 is 23.4 Å². The number of benzene rings is 2. The minimum atomic E-state index is 0.587. The van der Waals surface area contributed by atoms with E-state index in [0.717, 1.165) is 27.4 Å². The smallest absolute Gasteiger partial charge is 0.191 e. The summed E-state index contributed by atoms with van der Waals surface area (Å²) in [6.07, 6.45) is 3.79. The average Bonchev–Trinajstić information content (AvgIpc) is 3.10. The molecule has 0 spiro atoms. The predicted molar refractivity (Wildman–Crippen MR) is 111 cm³/mol. The molecule has 0 atom stereocenters. The van der Waals surface area contributed by atoms with Crippen LogP contribution in [-0.4, -0.2) is 26.0 Å². The van der Waals surface area contributed by atoms with Gasteiger partial charge in [0.05, 0.1) is 18.1 Å². The van der Waals surface area contributed by atoms with Gasteiger partial charge in [0.1, 0.15) is 5.82 Å². The predicted octanol–water partition coefficient (Wildman–Crippen LogP) is 4.86. The Labute approximate surface area is 166 Å². The number of rotatable bonds is 6. The van der Waals surface area contributed by atoms with Crippen LogP contribution in [0.2, 0.25) is 5.02 Å². The number of aromatic nitrogens is 4. The Bertz CT molecular complexity index is 1060. The molecule has 2 aromatic carbocycles. The lowest BCUT2D eigenvalue weighted by Gasteiger charge is -2.10. The van der Waals surface area contributed by atoms with Crippen molar-refractivity contribution < 1.29 is 0 Å². The molecule has 1 N–H and O–H groups in total. The molecule has 0 saturated heterocycles. The first-order valence-electron chi connectivity index (χ1n) is 8.53. The third-order valence-corrected chi connectivity index (χ3v) is 5.15. The van der Waals surface area contributed by atoms with E-state index in [0.29, 0.717) is 18.2 Å². The highest BCUT2D eigenvalue weighted by Gasteiger charge is 2.13. The zero-order valence-electron chi connectivity index (χ0n) is 14.8. The summed E-state index contributed by atoms with van der Waals surface area (Å²) in [5.74, 6) is 0.767. The van der Waals surface area contributed by atoms with Gasteiger partial charge in [0.15, 0.2) is 10.8 Å². The summed E-state index contributed by atoms with van der Waals surface area (Å²) in [6.45, 7) is 1.25. The molecule has 2 heterocycles. The van der Waals surface area contributed by atoms with Gasteiger partial charge in [-0.2, -0.15) is 5.10 Å². The first-order chi connectivity index (χ1) is 13.2. The number of halogens is 1. The van der Waals surface area contributed by atoms with Crippen molar-refractivity contribution in [3.8, 4) is 0 Å². The van der Waals surface area contributed by atoms with E-state index < -0.39 is 0 Å². The number of hydrogen-bond acceptors (Lipinski definition) is 5. The fourth-order valence-electron chi connectivity index (χ4n) is 2.85. The van der Waals surface area contributed by atoms with Crippen LogP contribution in [0.3, 0.4) is 0 Å². The largest absolute Gasteiger partial charge is 0.365 e. The van der Waals surface area contributed by atoms with Gasteiger partial charge in [-0.1, -0.05) is 71.9 Å². The molecule has 0 amide bonds. The number of hydrogen-bond donors (Lipinski definition) is 1. The number of anilines is 1. The van der Waals surface area contributed by atoms with Crippen molar-refractivity contribution in [2.75, 3.05) is 11.6 Å². The fraction of sp³-hybridized carbons (Fsp3) is 0.150. The Kier molecular flexibility index (Phi) is 5.27. The van der Waals surface area contributed by atoms with E-state index in [-0.39, 0.29) is 0 Å². The molecule has 2 aromatic heterocycles. The van der Waals surface area contributed by atoms with E-state index in [1.807, 2.05) is 59.6 Å². The molecule has 0 saturated carbocycles. The normalized spacial score (nSPS) is 11.0. The van der Waals surface area contributed by atoms with Crippen molar-refractivity contribution in [2.24, 2.45) is 0 Å². The zero-order chi connectivity index (χ0) is 18.6. The van der Waals surface area contributed by atoms with Crippen LogP contribution in [0.25, 0.3) is 11.0 Å². The molecular weight excluding hydrogens is 378 g/mol. The second-order valence-corrected chi connectivity index (χ2v) is 7.21. The molecule has 5 nitrogen and oxygen atoms in total. The highest BCUT2D eigenvalue weighted by atomic mass is 35.5. The Morgan fingerprint density at radius 3 is 2.59 bits per heavy atom. The van der Waals surface area contributed by atoms with Crippen LogP contribution in [0.15, 0.2) is 66.0 Å². The average molecular weight is 396 g/mol. The highest BCUT2D eigenvalue weighted by molar-refractivity contribution is 7.98. The molecule has 27 heavy (non-hydrogen) atoms. The molecule has 0 aliphatic heterocycles. The molecule has 0 aliphatic carbocycles. The Morgan fingerprint density at radius 1 is 1.04 bits per heavy atom. The SMILES string of the molecule is CSc1nc(NCc2ccccc2Cl)c2cnn(Cc3ccccc3)c2n1. The van der Waals surface area contributed by atoms with Crippen molar-refractivity contribution in [3.63, 3.8) is 0 Å². The van der Waals surface area contributed by atoms with E-state index in [4.69, 9.17) is 11.6 Å². The van der Waals surface area contributed by atoms with Crippen LogP contribution < -0.4 is 5.32 Å². The summed E-state index contributed by atoms with van der Waals surface area (Å²) in [7, 11) is 0. The minimum Gasteiger partial charge on any atom is -0.365 e. The van der Waals surface area contributed by atoms with E-state index in [2.05, 4.69) is 32.5 Å². The van der Waals surface area contributed by atoms with Crippen LogP contribution in [0.1, 0.15) is 11.1 Å². The summed E-state index contributed by atoms with van der Waals surface area (Å²) in [6, 6.07) is 18.0. The summed E-state index contributed by atoms with van der Waals surface area (Å²) in [5.41, 5.74) is 3.02. The first-order valence-corrected chi connectivity index (χ1v) is 10.1. The van der Waals surface area contributed by atoms with Gasteiger partial charge < -0.3 is 5.32 Å². The number of thioether (sulfide) groups is 1. The second-order valence-electron chi connectivity index (χ2n) is 6.03. The Balaban J connectivity index is 1.67. The van der Waals surface area contributed by atoms with E-state index >= 15 is 0 Å². The summed E-state index contributed by atoms with van der Waals surface area (Å²) in [4.78, 5) is 9.30. The van der Waals surface area contributed by atoms with Crippen molar-refractivity contribution in [3.05, 3.63) is 76.9 Å². The summed E-state index contributed by atoms with van der Waals surface area (Å²) < 4.78 is 1.91. The second kappa shape index (κ2) is 7.98. The number of nitrogens with zero attached hydrogens (tertiary/aromatic N) is 4. The molecule has 7 heteroatoms. The van der Waals surface area contributed by atoms with Gasteiger partial charge in [-0.05, 0) is 23.4 Å². The Morgan fingerprint density at radius 2 is 1.81 bits per heavy atom. The number of fused-ring (bicyclic) bond motifs is 1. The molecule has 0 aliphatic rings. The first kappa shape index (κ1) is 17.8. The third kappa shape index (κ3) is 3.91. The maximum atomic E-state index is 6.27. The van der Waals surface area contributed by atoms with Gasteiger partial charge in [0, 0.05) is 11.6 Å². The molecule has 0 unspecified atom stereocenters. The van der Waals surface area contributed by atoms with Crippen LogP contribution in [-0.2, 0) is 13.1 Å². The van der Waals surface area contributed by atoms with Gasteiger partial charge in [-0.25, -0.2) is 14.6 Å². The van der Waals surface area contributed by atoms with Gasteiger partial charge in [-0.15, -0.1) is 0 Å². The van der Waals surface area contributed by atoms with Gasteiger partial charge in [0.2, 0.25) is 0 Å². The van der Waals surface area contributed by atoms with Crippen molar-refractivity contribution in [1.29, 1.82) is 0 Å². The molecule has 0 fully saturated rings. The summed E-state index contributed by atoms with van der Waals surface area (Å²) in [5, 5.41) is 10.3. The highest BCUT2D eigenvalue weighted by Crippen LogP contribution is 2.25. The lowest BCUT2D eigenvalue weighted by atomic mass is 10.2. The fourth-order valence-corrected chi connectivity index (χ4v) is 3.42. The lowest BCUT2D eigenvalue weighted by molar-refractivity contribution is 0.699. The van der Waals surface area contributed by atoms with Crippen LogP contribution in [0.5, 0.6) is 0 Å². The van der Waals surface area contributed by atoms with Crippen LogP contribution in [0.4, 0.5) is 5.82 Å².